The van der Waals surface area contributed by atoms with Crippen molar-refractivity contribution in [1.82, 2.24) is 10.6 Å². The maximum Gasteiger partial charge on any atom is 0.216 e. The van der Waals surface area contributed by atoms with Gasteiger partial charge in [0.1, 0.15) is 0 Å². The number of rotatable bonds is 5. The van der Waals surface area contributed by atoms with Crippen molar-refractivity contribution in [3.8, 4) is 0 Å². The summed E-state index contributed by atoms with van der Waals surface area (Å²) in [6.45, 7) is 3.26. The van der Waals surface area contributed by atoms with Crippen molar-refractivity contribution in [2.45, 2.75) is 38.6 Å². The van der Waals surface area contributed by atoms with E-state index in [1.54, 1.807) is 0 Å². The van der Waals surface area contributed by atoms with Gasteiger partial charge >= 0.3 is 0 Å². The van der Waals surface area contributed by atoms with E-state index in [-0.39, 0.29) is 12.5 Å². The van der Waals surface area contributed by atoms with Crippen molar-refractivity contribution < 1.29 is 9.90 Å². The van der Waals surface area contributed by atoms with Gasteiger partial charge in [-0.3, -0.25) is 4.79 Å². The topological polar surface area (TPSA) is 61.4 Å². The lowest BCUT2D eigenvalue weighted by Gasteiger charge is -2.31. The van der Waals surface area contributed by atoms with Gasteiger partial charge in [0.15, 0.2) is 0 Å². The fourth-order valence-corrected chi connectivity index (χ4v) is 2.19. The highest BCUT2D eigenvalue weighted by molar-refractivity contribution is 5.72. The molecule has 3 N–H and O–H groups in total. The van der Waals surface area contributed by atoms with Gasteiger partial charge in [-0.15, -0.1) is 0 Å². The maximum atomic E-state index is 10.6. The molecule has 0 saturated heterocycles. The van der Waals surface area contributed by atoms with Crippen LogP contribution in [0.5, 0.6) is 0 Å². The Morgan fingerprint density at radius 3 is 2.73 bits per heavy atom. The minimum absolute atomic E-state index is 0.0131. The summed E-state index contributed by atoms with van der Waals surface area (Å²) in [7, 11) is 0. The highest BCUT2D eigenvalue weighted by Gasteiger charge is 2.23. The molecule has 0 heterocycles. The van der Waals surface area contributed by atoms with E-state index in [9.17, 15) is 9.90 Å². The van der Waals surface area contributed by atoms with Gasteiger partial charge in [-0.05, 0) is 18.8 Å². The number of carbonyl (C=O) groups excluding carboxylic acids is 1. The first kappa shape index (κ1) is 12.5. The summed E-state index contributed by atoms with van der Waals surface area (Å²) < 4.78 is 0. The molecular weight excluding hydrogens is 192 g/mol. The third-order valence-corrected chi connectivity index (χ3v) is 3.05. The molecule has 0 aliphatic heterocycles. The van der Waals surface area contributed by atoms with E-state index in [0.717, 1.165) is 19.4 Å². The molecule has 1 amide bonds. The Bertz CT molecular complexity index is 197. The predicted molar refractivity (Wildman–Crippen MR) is 59.5 cm³/mol. The molecule has 0 aromatic heterocycles. The summed E-state index contributed by atoms with van der Waals surface area (Å²) in [6, 6.07) is 0.428. The molecule has 1 aliphatic rings. The SMILES string of the molecule is CC(=O)NCCNC1CCCCC1CO. The minimum atomic E-state index is 0.0131. The fourth-order valence-electron chi connectivity index (χ4n) is 2.19. The first-order valence-electron chi connectivity index (χ1n) is 5.82. The van der Waals surface area contributed by atoms with E-state index in [4.69, 9.17) is 0 Å². The van der Waals surface area contributed by atoms with E-state index in [1.165, 1.54) is 19.8 Å². The third kappa shape index (κ3) is 4.62. The molecule has 1 fully saturated rings. The monoisotopic (exact) mass is 214 g/mol. The van der Waals surface area contributed by atoms with Gasteiger partial charge < -0.3 is 15.7 Å². The second-order valence-corrected chi connectivity index (χ2v) is 4.27. The summed E-state index contributed by atoms with van der Waals surface area (Å²) in [4.78, 5) is 10.6. The van der Waals surface area contributed by atoms with Crippen LogP contribution in [0.1, 0.15) is 32.6 Å². The highest BCUT2D eigenvalue weighted by atomic mass is 16.3. The van der Waals surface area contributed by atoms with Crippen LogP contribution in [0, 0.1) is 5.92 Å². The van der Waals surface area contributed by atoms with Crippen LogP contribution in [0.15, 0.2) is 0 Å². The number of hydrogen-bond acceptors (Lipinski definition) is 3. The van der Waals surface area contributed by atoms with E-state index in [2.05, 4.69) is 10.6 Å². The number of aliphatic hydroxyl groups is 1. The number of amides is 1. The molecule has 15 heavy (non-hydrogen) atoms. The molecule has 2 unspecified atom stereocenters. The molecule has 1 rings (SSSR count). The Kier molecular flexibility index (Phi) is 5.65. The van der Waals surface area contributed by atoms with Crippen LogP contribution < -0.4 is 10.6 Å². The van der Waals surface area contributed by atoms with E-state index >= 15 is 0 Å². The van der Waals surface area contributed by atoms with Crippen molar-refractivity contribution in [1.29, 1.82) is 0 Å². The Morgan fingerprint density at radius 2 is 2.07 bits per heavy atom. The van der Waals surface area contributed by atoms with Crippen molar-refractivity contribution in [2.24, 2.45) is 5.92 Å². The second kappa shape index (κ2) is 6.80. The number of nitrogens with one attached hydrogen (secondary N) is 2. The molecular formula is C11H22N2O2. The van der Waals surface area contributed by atoms with Crippen LogP contribution in [0.4, 0.5) is 0 Å². The molecule has 0 aromatic carbocycles. The first-order chi connectivity index (χ1) is 7.24. The van der Waals surface area contributed by atoms with Crippen molar-refractivity contribution in [3.63, 3.8) is 0 Å². The molecule has 4 nitrogen and oxygen atoms in total. The van der Waals surface area contributed by atoms with Gasteiger partial charge in [-0.25, -0.2) is 0 Å². The van der Waals surface area contributed by atoms with E-state index in [1.807, 2.05) is 0 Å². The van der Waals surface area contributed by atoms with Gasteiger partial charge in [-0.1, -0.05) is 12.8 Å². The van der Waals surface area contributed by atoms with Gasteiger partial charge in [0.2, 0.25) is 5.91 Å². The Morgan fingerprint density at radius 1 is 1.33 bits per heavy atom. The summed E-state index contributed by atoms with van der Waals surface area (Å²) >= 11 is 0. The molecule has 1 aliphatic carbocycles. The van der Waals surface area contributed by atoms with Crippen LogP contribution >= 0.6 is 0 Å². The first-order valence-corrected chi connectivity index (χ1v) is 5.82. The molecule has 0 spiro atoms. The smallest absolute Gasteiger partial charge is 0.216 e. The zero-order valence-corrected chi connectivity index (χ0v) is 9.46. The summed E-state index contributed by atoms with van der Waals surface area (Å²) in [5, 5.41) is 15.4. The largest absolute Gasteiger partial charge is 0.396 e. The van der Waals surface area contributed by atoms with Crippen molar-refractivity contribution >= 4 is 5.91 Å². The van der Waals surface area contributed by atoms with Crippen LogP contribution in [-0.4, -0.2) is 36.8 Å². The van der Waals surface area contributed by atoms with E-state index in [0.29, 0.717) is 18.5 Å². The Balaban J connectivity index is 2.15. The molecule has 2 atom stereocenters. The summed E-state index contributed by atoms with van der Waals surface area (Å²) in [5.41, 5.74) is 0. The maximum absolute atomic E-state index is 10.6. The molecule has 1 saturated carbocycles. The number of carbonyl (C=O) groups is 1. The Hall–Kier alpha value is -0.610. The Labute approximate surface area is 91.4 Å². The van der Waals surface area contributed by atoms with Crippen LogP contribution in [-0.2, 0) is 4.79 Å². The number of aliphatic hydroxyl groups excluding tert-OH is 1. The van der Waals surface area contributed by atoms with Gasteiger partial charge in [0.25, 0.3) is 0 Å². The van der Waals surface area contributed by atoms with E-state index < -0.39 is 0 Å². The number of hydrogen-bond donors (Lipinski definition) is 3. The quantitative estimate of drug-likeness (QED) is 0.575. The van der Waals surface area contributed by atoms with Gasteiger partial charge in [0, 0.05) is 32.7 Å². The molecule has 0 aromatic rings. The standard InChI is InChI=1S/C11H22N2O2/c1-9(15)12-6-7-13-11-5-3-2-4-10(11)8-14/h10-11,13-14H,2-8H2,1H3,(H,12,15). The lowest BCUT2D eigenvalue weighted by Crippen LogP contribution is -2.43. The third-order valence-electron chi connectivity index (χ3n) is 3.05. The average molecular weight is 214 g/mol. The lowest BCUT2D eigenvalue weighted by molar-refractivity contribution is -0.118. The van der Waals surface area contributed by atoms with Crippen molar-refractivity contribution in [2.75, 3.05) is 19.7 Å². The average Bonchev–Trinajstić information content (AvgIpc) is 2.24. The molecule has 0 bridgehead atoms. The summed E-state index contributed by atoms with van der Waals surface area (Å²) in [6.07, 6.45) is 4.74. The zero-order chi connectivity index (χ0) is 11.1. The molecule has 4 heteroatoms. The highest BCUT2D eigenvalue weighted by Crippen LogP contribution is 2.23. The van der Waals surface area contributed by atoms with Gasteiger partial charge in [-0.2, -0.15) is 0 Å². The summed E-state index contributed by atoms with van der Waals surface area (Å²) in [5.74, 6) is 0.412. The zero-order valence-electron chi connectivity index (χ0n) is 9.46. The second-order valence-electron chi connectivity index (χ2n) is 4.27. The molecule has 88 valence electrons. The fraction of sp³-hybridized carbons (Fsp3) is 0.909. The minimum Gasteiger partial charge on any atom is -0.396 e. The van der Waals surface area contributed by atoms with Gasteiger partial charge in [0.05, 0.1) is 0 Å². The van der Waals surface area contributed by atoms with Crippen LogP contribution in [0.25, 0.3) is 0 Å². The lowest BCUT2D eigenvalue weighted by atomic mass is 9.85. The predicted octanol–water partition coefficient (Wildman–Crippen LogP) is 0.263. The van der Waals surface area contributed by atoms with Crippen molar-refractivity contribution in [3.05, 3.63) is 0 Å². The normalized spacial score (nSPS) is 26.3. The van der Waals surface area contributed by atoms with Crippen LogP contribution in [0.2, 0.25) is 0 Å². The van der Waals surface area contributed by atoms with Crippen LogP contribution in [0.3, 0.4) is 0 Å². The molecule has 0 radical (unpaired) electrons.